The molecule has 0 radical (unpaired) electrons. The van der Waals surface area contributed by atoms with E-state index < -0.39 is 0 Å². The largest absolute Gasteiger partial charge is 0.378 e. The third-order valence-electron chi connectivity index (χ3n) is 5.72. The van der Waals surface area contributed by atoms with Crippen LogP contribution >= 0.6 is 0 Å². The van der Waals surface area contributed by atoms with E-state index in [1.54, 1.807) is 0 Å². The van der Waals surface area contributed by atoms with Gasteiger partial charge in [-0.2, -0.15) is 0 Å². The summed E-state index contributed by atoms with van der Waals surface area (Å²) in [7, 11) is 0. The summed E-state index contributed by atoms with van der Waals surface area (Å²) in [5.74, 6) is 1.03. The number of nitrogens with one attached hydrogen (secondary N) is 1. The average Bonchev–Trinajstić information content (AvgIpc) is 2.62. The van der Waals surface area contributed by atoms with E-state index in [4.69, 9.17) is 4.74 Å². The maximum Gasteiger partial charge on any atom is 0.317 e. The monoisotopic (exact) mass is 337 g/mol. The van der Waals surface area contributed by atoms with Crippen molar-refractivity contribution >= 4 is 11.9 Å². The van der Waals surface area contributed by atoms with E-state index in [-0.39, 0.29) is 17.9 Å². The molecule has 1 saturated carbocycles. The Morgan fingerprint density at radius 2 is 1.67 bits per heavy atom. The number of carbonyl (C=O) groups is 2. The molecule has 3 fully saturated rings. The first kappa shape index (κ1) is 17.5. The van der Waals surface area contributed by atoms with Crippen molar-refractivity contribution in [2.75, 3.05) is 39.4 Å². The maximum absolute atomic E-state index is 12.5. The van der Waals surface area contributed by atoms with Crippen LogP contribution in [0.15, 0.2) is 0 Å². The first-order valence-electron chi connectivity index (χ1n) is 9.55. The molecule has 24 heavy (non-hydrogen) atoms. The minimum atomic E-state index is 0.0615. The lowest BCUT2D eigenvalue weighted by Crippen LogP contribution is -2.51. The quantitative estimate of drug-likeness (QED) is 0.836. The van der Waals surface area contributed by atoms with E-state index in [1.807, 2.05) is 9.80 Å². The number of ether oxygens (including phenoxy) is 1. The third-order valence-corrected chi connectivity index (χ3v) is 5.72. The number of likely N-dealkylation sites (tertiary alicyclic amines) is 1. The second kappa shape index (κ2) is 8.19. The average molecular weight is 337 g/mol. The van der Waals surface area contributed by atoms with Crippen LogP contribution in [0.5, 0.6) is 0 Å². The van der Waals surface area contributed by atoms with Crippen molar-refractivity contribution in [2.45, 2.75) is 51.5 Å². The van der Waals surface area contributed by atoms with Gasteiger partial charge in [-0.1, -0.05) is 19.8 Å². The van der Waals surface area contributed by atoms with Crippen molar-refractivity contribution in [3.63, 3.8) is 0 Å². The molecule has 2 saturated heterocycles. The molecule has 0 aromatic carbocycles. The van der Waals surface area contributed by atoms with Gasteiger partial charge in [0, 0.05) is 38.1 Å². The van der Waals surface area contributed by atoms with E-state index in [0.29, 0.717) is 51.4 Å². The van der Waals surface area contributed by atoms with Gasteiger partial charge in [-0.05, 0) is 31.6 Å². The zero-order valence-electron chi connectivity index (χ0n) is 14.8. The SMILES string of the molecule is CC1CCCC(NC(=O)N2CCC(C(=O)N3CCOCC3)CC2)C1. The lowest BCUT2D eigenvalue weighted by molar-refractivity contribution is -0.141. The fourth-order valence-electron chi connectivity index (χ4n) is 4.20. The highest BCUT2D eigenvalue weighted by Crippen LogP contribution is 2.24. The maximum atomic E-state index is 12.5. The topological polar surface area (TPSA) is 61.9 Å². The smallest absolute Gasteiger partial charge is 0.317 e. The van der Waals surface area contributed by atoms with Crippen molar-refractivity contribution in [3.8, 4) is 0 Å². The summed E-state index contributed by atoms with van der Waals surface area (Å²) in [5.41, 5.74) is 0. The van der Waals surface area contributed by atoms with Gasteiger partial charge in [-0.15, -0.1) is 0 Å². The Morgan fingerprint density at radius 3 is 2.33 bits per heavy atom. The molecule has 2 unspecified atom stereocenters. The fraction of sp³-hybridized carbons (Fsp3) is 0.889. The number of hydrogen-bond acceptors (Lipinski definition) is 3. The summed E-state index contributed by atoms with van der Waals surface area (Å²) in [4.78, 5) is 28.8. The van der Waals surface area contributed by atoms with Crippen LogP contribution < -0.4 is 5.32 Å². The number of piperidine rings is 1. The Labute approximate surface area is 144 Å². The zero-order valence-corrected chi connectivity index (χ0v) is 14.8. The summed E-state index contributed by atoms with van der Waals surface area (Å²) >= 11 is 0. The van der Waals surface area contributed by atoms with Crippen LogP contribution in [0.3, 0.4) is 0 Å². The van der Waals surface area contributed by atoms with E-state index in [1.165, 1.54) is 12.8 Å². The van der Waals surface area contributed by atoms with E-state index in [2.05, 4.69) is 12.2 Å². The summed E-state index contributed by atoms with van der Waals surface area (Å²) in [5, 5.41) is 3.20. The molecule has 3 amide bonds. The molecule has 2 atom stereocenters. The second-order valence-electron chi connectivity index (χ2n) is 7.62. The van der Waals surface area contributed by atoms with Gasteiger partial charge in [0.2, 0.25) is 5.91 Å². The normalized spacial score (nSPS) is 29.4. The Hall–Kier alpha value is -1.30. The van der Waals surface area contributed by atoms with E-state index in [9.17, 15) is 9.59 Å². The van der Waals surface area contributed by atoms with Gasteiger partial charge >= 0.3 is 6.03 Å². The van der Waals surface area contributed by atoms with Crippen LogP contribution in [-0.2, 0) is 9.53 Å². The molecule has 1 N–H and O–H groups in total. The number of rotatable bonds is 2. The molecule has 6 heteroatoms. The standard InChI is InChI=1S/C18H31N3O3/c1-14-3-2-4-16(13-14)19-18(23)21-7-5-15(6-8-21)17(22)20-9-11-24-12-10-20/h14-16H,2-13H2,1H3,(H,19,23). The molecule has 3 aliphatic rings. The highest BCUT2D eigenvalue weighted by atomic mass is 16.5. The third kappa shape index (κ3) is 4.41. The summed E-state index contributed by atoms with van der Waals surface area (Å²) in [6, 6.07) is 0.389. The van der Waals surface area contributed by atoms with Crippen LogP contribution in [0, 0.1) is 11.8 Å². The predicted octanol–water partition coefficient (Wildman–Crippen LogP) is 1.85. The van der Waals surface area contributed by atoms with Crippen LogP contribution in [0.2, 0.25) is 0 Å². The first-order chi connectivity index (χ1) is 11.6. The zero-order chi connectivity index (χ0) is 16.9. The highest BCUT2D eigenvalue weighted by Gasteiger charge is 2.31. The molecule has 2 heterocycles. The van der Waals surface area contributed by atoms with Crippen molar-refractivity contribution in [2.24, 2.45) is 11.8 Å². The molecule has 0 spiro atoms. The molecule has 0 bridgehead atoms. The number of carbonyl (C=O) groups excluding carboxylic acids is 2. The minimum absolute atomic E-state index is 0.0615. The van der Waals surface area contributed by atoms with Crippen LogP contribution in [0.25, 0.3) is 0 Å². The lowest BCUT2D eigenvalue weighted by atomic mass is 9.87. The molecule has 0 aromatic heterocycles. The Bertz CT molecular complexity index is 443. The molecular weight excluding hydrogens is 306 g/mol. The predicted molar refractivity (Wildman–Crippen MR) is 91.6 cm³/mol. The van der Waals surface area contributed by atoms with E-state index >= 15 is 0 Å². The van der Waals surface area contributed by atoms with Gasteiger partial charge in [-0.3, -0.25) is 4.79 Å². The highest BCUT2D eigenvalue weighted by molar-refractivity contribution is 5.80. The van der Waals surface area contributed by atoms with E-state index in [0.717, 1.165) is 25.7 Å². The van der Waals surface area contributed by atoms with Gasteiger partial charge < -0.3 is 19.9 Å². The Kier molecular flexibility index (Phi) is 5.98. The van der Waals surface area contributed by atoms with Crippen LogP contribution in [-0.4, -0.2) is 67.2 Å². The Morgan fingerprint density at radius 1 is 0.958 bits per heavy atom. The molecule has 1 aliphatic carbocycles. The van der Waals surface area contributed by atoms with Gasteiger partial charge in [0.15, 0.2) is 0 Å². The lowest BCUT2D eigenvalue weighted by Gasteiger charge is -2.36. The number of urea groups is 1. The molecule has 3 rings (SSSR count). The number of morpholine rings is 1. The van der Waals surface area contributed by atoms with Gasteiger partial charge in [-0.25, -0.2) is 4.79 Å². The van der Waals surface area contributed by atoms with Gasteiger partial charge in [0.05, 0.1) is 13.2 Å². The van der Waals surface area contributed by atoms with Gasteiger partial charge in [0.25, 0.3) is 0 Å². The minimum Gasteiger partial charge on any atom is -0.378 e. The summed E-state index contributed by atoms with van der Waals surface area (Å²) in [6.45, 7) is 6.35. The molecule has 0 aromatic rings. The Balaban J connectivity index is 1.42. The fourth-order valence-corrected chi connectivity index (χ4v) is 4.20. The van der Waals surface area contributed by atoms with Crippen molar-refractivity contribution in [1.29, 1.82) is 0 Å². The number of amides is 3. The molecular formula is C18H31N3O3. The van der Waals surface area contributed by atoms with Crippen LogP contribution in [0.1, 0.15) is 45.4 Å². The second-order valence-corrected chi connectivity index (χ2v) is 7.62. The van der Waals surface area contributed by atoms with Crippen molar-refractivity contribution in [3.05, 3.63) is 0 Å². The van der Waals surface area contributed by atoms with Crippen molar-refractivity contribution < 1.29 is 14.3 Å². The molecule has 6 nitrogen and oxygen atoms in total. The van der Waals surface area contributed by atoms with Crippen LogP contribution in [0.4, 0.5) is 4.79 Å². The summed E-state index contributed by atoms with van der Waals surface area (Å²) < 4.78 is 5.31. The first-order valence-corrected chi connectivity index (χ1v) is 9.55. The molecule has 136 valence electrons. The summed E-state index contributed by atoms with van der Waals surface area (Å²) in [6.07, 6.45) is 6.25. The number of nitrogens with zero attached hydrogens (tertiary/aromatic N) is 2. The van der Waals surface area contributed by atoms with Gasteiger partial charge in [0.1, 0.15) is 0 Å². The number of hydrogen-bond donors (Lipinski definition) is 1. The molecule has 2 aliphatic heterocycles. The van der Waals surface area contributed by atoms with Crippen molar-refractivity contribution in [1.82, 2.24) is 15.1 Å².